The predicted molar refractivity (Wildman–Crippen MR) is 75.2 cm³/mol. The van der Waals surface area contributed by atoms with Crippen molar-refractivity contribution in [3.8, 4) is 11.4 Å². The molecule has 1 aliphatic rings. The zero-order valence-electron chi connectivity index (χ0n) is 11.2. The highest BCUT2D eigenvalue weighted by Crippen LogP contribution is 2.27. The van der Waals surface area contributed by atoms with E-state index in [9.17, 15) is 8.42 Å². The second kappa shape index (κ2) is 4.99. The standard InChI is InChI=1S/C13H16N4O2S/c1-17-10(9-15-20(18,19)11-5-6-11)8-13(16-17)12-4-2-3-7-14-12/h2-4,7-8,11,15H,5-6,9H2,1H3. The van der Waals surface area contributed by atoms with Gasteiger partial charge in [-0.2, -0.15) is 5.10 Å². The second-order valence-corrected chi connectivity index (χ2v) is 6.97. The van der Waals surface area contributed by atoms with Gasteiger partial charge in [-0.3, -0.25) is 9.67 Å². The lowest BCUT2D eigenvalue weighted by molar-refractivity contribution is 0.576. The summed E-state index contributed by atoms with van der Waals surface area (Å²) in [4.78, 5) is 4.24. The van der Waals surface area contributed by atoms with E-state index in [-0.39, 0.29) is 11.8 Å². The van der Waals surface area contributed by atoms with Gasteiger partial charge >= 0.3 is 0 Å². The molecule has 6 nitrogen and oxygen atoms in total. The molecule has 1 fully saturated rings. The fourth-order valence-electron chi connectivity index (χ4n) is 1.98. The van der Waals surface area contributed by atoms with Gasteiger partial charge in [0.2, 0.25) is 10.0 Å². The molecule has 0 saturated heterocycles. The van der Waals surface area contributed by atoms with Crippen molar-refractivity contribution < 1.29 is 8.42 Å². The second-order valence-electron chi connectivity index (χ2n) is 4.92. The number of aromatic nitrogens is 3. The Kier molecular flexibility index (Phi) is 3.31. The van der Waals surface area contributed by atoms with Crippen LogP contribution in [0.3, 0.4) is 0 Å². The molecule has 2 aromatic heterocycles. The Morgan fingerprint density at radius 1 is 1.35 bits per heavy atom. The Bertz CT molecular complexity index is 705. The summed E-state index contributed by atoms with van der Waals surface area (Å²) in [5, 5.41) is 4.16. The summed E-state index contributed by atoms with van der Waals surface area (Å²) in [7, 11) is -1.37. The smallest absolute Gasteiger partial charge is 0.214 e. The molecule has 1 saturated carbocycles. The zero-order valence-corrected chi connectivity index (χ0v) is 12.0. The van der Waals surface area contributed by atoms with Crippen LogP contribution in [0.2, 0.25) is 0 Å². The van der Waals surface area contributed by atoms with Gasteiger partial charge in [0.25, 0.3) is 0 Å². The van der Waals surface area contributed by atoms with Crippen LogP contribution in [0.4, 0.5) is 0 Å². The van der Waals surface area contributed by atoms with Crippen LogP contribution in [0.15, 0.2) is 30.5 Å². The molecule has 0 spiro atoms. The van der Waals surface area contributed by atoms with E-state index in [2.05, 4.69) is 14.8 Å². The highest BCUT2D eigenvalue weighted by Gasteiger charge is 2.35. The molecule has 106 valence electrons. The molecule has 2 heterocycles. The molecule has 1 aliphatic carbocycles. The number of nitrogens with zero attached hydrogens (tertiary/aromatic N) is 3. The van der Waals surface area contributed by atoms with Crippen LogP contribution in [0.1, 0.15) is 18.5 Å². The van der Waals surface area contributed by atoms with Gasteiger partial charge in [-0.15, -0.1) is 0 Å². The highest BCUT2D eigenvalue weighted by molar-refractivity contribution is 7.90. The number of sulfonamides is 1. The van der Waals surface area contributed by atoms with Gasteiger partial charge in [-0.25, -0.2) is 13.1 Å². The average molecular weight is 292 g/mol. The number of hydrogen-bond donors (Lipinski definition) is 1. The third kappa shape index (κ3) is 2.73. The molecular formula is C13H16N4O2S. The lowest BCUT2D eigenvalue weighted by Crippen LogP contribution is -2.27. The molecule has 0 bridgehead atoms. The normalized spacial score (nSPS) is 15.4. The number of aryl methyl sites for hydroxylation is 1. The van der Waals surface area contributed by atoms with Crippen molar-refractivity contribution in [2.45, 2.75) is 24.6 Å². The topological polar surface area (TPSA) is 76.9 Å². The fourth-order valence-corrected chi connectivity index (χ4v) is 3.32. The number of rotatable bonds is 5. The molecule has 3 rings (SSSR count). The monoisotopic (exact) mass is 292 g/mol. The summed E-state index contributed by atoms with van der Waals surface area (Å²) in [6, 6.07) is 7.47. The van der Waals surface area contributed by atoms with Crippen LogP contribution < -0.4 is 4.72 Å². The van der Waals surface area contributed by atoms with E-state index in [1.807, 2.05) is 24.3 Å². The molecular weight excluding hydrogens is 276 g/mol. The van der Waals surface area contributed by atoms with Crippen LogP contribution >= 0.6 is 0 Å². The highest BCUT2D eigenvalue weighted by atomic mass is 32.2. The minimum absolute atomic E-state index is 0.203. The molecule has 2 aromatic rings. The van der Waals surface area contributed by atoms with Crippen molar-refractivity contribution in [2.75, 3.05) is 0 Å². The van der Waals surface area contributed by atoms with Crippen LogP contribution in [-0.2, 0) is 23.6 Å². The van der Waals surface area contributed by atoms with Crippen molar-refractivity contribution in [1.29, 1.82) is 0 Å². The molecule has 0 amide bonds. The first-order chi connectivity index (χ1) is 9.56. The van der Waals surface area contributed by atoms with Gasteiger partial charge in [-0.05, 0) is 31.0 Å². The molecule has 0 radical (unpaired) electrons. The average Bonchev–Trinajstić information content (AvgIpc) is 3.23. The maximum Gasteiger partial charge on any atom is 0.214 e. The Hall–Kier alpha value is -1.73. The van der Waals surface area contributed by atoms with E-state index in [4.69, 9.17) is 0 Å². The van der Waals surface area contributed by atoms with Gasteiger partial charge in [0.05, 0.1) is 23.2 Å². The molecule has 0 unspecified atom stereocenters. The van der Waals surface area contributed by atoms with Gasteiger partial charge in [-0.1, -0.05) is 6.07 Å². The fraction of sp³-hybridized carbons (Fsp3) is 0.385. The first-order valence-electron chi connectivity index (χ1n) is 6.49. The van der Waals surface area contributed by atoms with Gasteiger partial charge in [0, 0.05) is 13.2 Å². The Balaban J connectivity index is 1.76. The molecule has 7 heteroatoms. The Labute approximate surface area is 117 Å². The third-order valence-corrected chi connectivity index (χ3v) is 5.22. The van der Waals surface area contributed by atoms with E-state index in [1.54, 1.807) is 17.9 Å². The van der Waals surface area contributed by atoms with Crippen molar-refractivity contribution >= 4 is 10.0 Å². The largest absolute Gasteiger partial charge is 0.271 e. The van der Waals surface area contributed by atoms with E-state index < -0.39 is 10.0 Å². The Morgan fingerprint density at radius 2 is 2.15 bits per heavy atom. The van der Waals surface area contributed by atoms with Crippen molar-refractivity contribution in [3.63, 3.8) is 0 Å². The number of nitrogens with one attached hydrogen (secondary N) is 1. The number of hydrogen-bond acceptors (Lipinski definition) is 4. The number of pyridine rings is 1. The lowest BCUT2D eigenvalue weighted by atomic mass is 10.2. The predicted octanol–water partition coefficient (Wildman–Crippen LogP) is 1.06. The maximum atomic E-state index is 11.8. The maximum absolute atomic E-state index is 11.8. The van der Waals surface area contributed by atoms with Crippen molar-refractivity contribution in [3.05, 3.63) is 36.2 Å². The van der Waals surface area contributed by atoms with Crippen molar-refractivity contribution in [1.82, 2.24) is 19.5 Å². The summed E-state index contributed by atoms with van der Waals surface area (Å²) in [5.74, 6) is 0. The summed E-state index contributed by atoms with van der Waals surface area (Å²) >= 11 is 0. The SMILES string of the molecule is Cn1nc(-c2ccccn2)cc1CNS(=O)(=O)C1CC1. The third-order valence-electron chi connectivity index (χ3n) is 3.32. The van der Waals surface area contributed by atoms with E-state index in [0.717, 1.165) is 29.9 Å². The van der Waals surface area contributed by atoms with E-state index in [0.29, 0.717) is 0 Å². The quantitative estimate of drug-likeness (QED) is 0.894. The lowest BCUT2D eigenvalue weighted by Gasteiger charge is -2.04. The Morgan fingerprint density at radius 3 is 2.80 bits per heavy atom. The first kappa shape index (κ1) is 13.3. The summed E-state index contributed by atoms with van der Waals surface area (Å²) < 4.78 is 27.9. The zero-order chi connectivity index (χ0) is 14.2. The molecule has 0 atom stereocenters. The summed E-state index contributed by atoms with van der Waals surface area (Å²) in [6.07, 6.45) is 3.24. The first-order valence-corrected chi connectivity index (χ1v) is 8.04. The van der Waals surface area contributed by atoms with Gasteiger partial charge in [0.1, 0.15) is 5.69 Å². The molecule has 20 heavy (non-hydrogen) atoms. The van der Waals surface area contributed by atoms with Crippen molar-refractivity contribution in [2.24, 2.45) is 7.05 Å². The van der Waals surface area contributed by atoms with Crippen LogP contribution in [0, 0.1) is 0 Å². The summed E-state index contributed by atoms with van der Waals surface area (Å²) in [6.45, 7) is 0.259. The van der Waals surface area contributed by atoms with E-state index in [1.165, 1.54) is 0 Å². The van der Waals surface area contributed by atoms with Crippen LogP contribution in [0.5, 0.6) is 0 Å². The van der Waals surface area contributed by atoms with Crippen LogP contribution in [0.25, 0.3) is 11.4 Å². The van der Waals surface area contributed by atoms with Gasteiger partial charge < -0.3 is 0 Å². The molecule has 0 aliphatic heterocycles. The van der Waals surface area contributed by atoms with Gasteiger partial charge in [0.15, 0.2) is 0 Å². The van der Waals surface area contributed by atoms with Crippen LogP contribution in [-0.4, -0.2) is 28.4 Å². The minimum atomic E-state index is -3.16. The minimum Gasteiger partial charge on any atom is -0.271 e. The van der Waals surface area contributed by atoms with E-state index >= 15 is 0 Å². The molecule has 1 N–H and O–H groups in total. The molecule has 0 aromatic carbocycles. The summed E-state index contributed by atoms with van der Waals surface area (Å²) in [5.41, 5.74) is 2.34.